The van der Waals surface area contributed by atoms with Gasteiger partial charge in [0.2, 0.25) is 5.88 Å². The Morgan fingerprint density at radius 1 is 1.33 bits per heavy atom. The first kappa shape index (κ1) is 13.5. The molecule has 21 heavy (non-hydrogen) atoms. The fourth-order valence-corrected chi connectivity index (χ4v) is 3.99. The van der Waals surface area contributed by atoms with E-state index in [9.17, 15) is 0 Å². The zero-order valence-electron chi connectivity index (χ0n) is 12.9. The summed E-state index contributed by atoms with van der Waals surface area (Å²) in [7, 11) is 1.71. The van der Waals surface area contributed by atoms with Gasteiger partial charge in [0.05, 0.1) is 7.11 Å². The number of hydrogen-bond donors (Lipinski definition) is 0. The van der Waals surface area contributed by atoms with Crippen LogP contribution in [0.15, 0.2) is 18.3 Å². The molecular formula is C17H25N3O. The van der Waals surface area contributed by atoms with Crippen LogP contribution in [-0.4, -0.2) is 53.6 Å². The van der Waals surface area contributed by atoms with Gasteiger partial charge in [-0.05, 0) is 37.7 Å². The van der Waals surface area contributed by atoms with E-state index < -0.39 is 0 Å². The lowest BCUT2D eigenvalue weighted by Crippen LogP contribution is -2.61. The molecule has 0 amide bonds. The molecule has 0 aromatic carbocycles. The predicted molar refractivity (Wildman–Crippen MR) is 82.3 cm³/mol. The second kappa shape index (κ2) is 5.25. The lowest BCUT2D eigenvalue weighted by molar-refractivity contribution is -0.0107. The number of pyridine rings is 1. The van der Waals surface area contributed by atoms with Crippen molar-refractivity contribution in [3.63, 3.8) is 0 Å². The van der Waals surface area contributed by atoms with Crippen LogP contribution in [0.25, 0.3) is 0 Å². The van der Waals surface area contributed by atoms with Crippen LogP contribution in [-0.2, 0) is 6.54 Å². The van der Waals surface area contributed by atoms with E-state index in [1.54, 1.807) is 13.3 Å². The average Bonchev–Trinajstić information content (AvgIpc) is 3.23. The third-order valence-electron chi connectivity index (χ3n) is 5.54. The van der Waals surface area contributed by atoms with Crippen molar-refractivity contribution in [1.29, 1.82) is 0 Å². The van der Waals surface area contributed by atoms with E-state index in [0.29, 0.717) is 5.54 Å². The molecule has 1 aromatic rings. The van der Waals surface area contributed by atoms with Gasteiger partial charge in [0.15, 0.2) is 0 Å². The standard InChI is InChI=1S/C17H25N3O/c1-21-16-15(3-2-8-18-16)12-19-9-6-17(13-19)7-10-20(17)11-14-4-5-14/h2-3,8,14H,4-7,9-13H2,1H3. The Balaban J connectivity index is 1.39. The molecule has 0 N–H and O–H groups in total. The van der Waals surface area contributed by atoms with Crippen molar-refractivity contribution >= 4 is 0 Å². The first-order valence-electron chi connectivity index (χ1n) is 8.24. The Morgan fingerprint density at radius 3 is 2.90 bits per heavy atom. The van der Waals surface area contributed by atoms with Gasteiger partial charge in [-0.3, -0.25) is 9.80 Å². The van der Waals surface area contributed by atoms with Crippen LogP contribution >= 0.6 is 0 Å². The maximum atomic E-state index is 5.38. The Hall–Kier alpha value is -1.13. The number of likely N-dealkylation sites (tertiary alicyclic amines) is 2. The van der Waals surface area contributed by atoms with Crippen molar-refractivity contribution in [2.24, 2.45) is 5.92 Å². The Kier molecular flexibility index (Phi) is 3.38. The van der Waals surface area contributed by atoms with E-state index in [2.05, 4.69) is 20.9 Å². The zero-order chi connectivity index (χ0) is 14.3. The van der Waals surface area contributed by atoms with Gasteiger partial charge in [0.1, 0.15) is 0 Å². The summed E-state index contributed by atoms with van der Waals surface area (Å²) in [6, 6.07) is 4.14. The first-order valence-corrected chi connectivity index (χ1v) is 8.24. The summed E-state index contributed by atoms with van der Waals surface area (Å²) in [5, 5.41) is 0. The monoisotopic (exact) mass is 287 g/mol. The van der Waals surface area contributed by atoms with Crippen molar-refractivity contribution in [3.8, 4) is 5.88 Å². The number of aromatic nitrogens is 1. The number of ether oxygens (including phenoxy) is 1. The van der Waals surface area contributed by atoms with Crippen LogP contribution in [0.3, 0.4) is 0 Å². The van der Waals surface area contributed by atoms with Crippen LogP contribution in [0.2, 0.25) is 0 Å². The molecule has 1 atom stereocenters. The zero-order valence-corrected chi connectivity index (χ0v) is 12.9. The molecule has 2 saturated heterocycles. The van der Waals surface area contributed by atoms with E-state index >= 15 is 0 Å². The van der Waals surface area contributed by atoms with Gasteiger partial charge in [0.25, 0.3) is 0 Å². The predicted octanol–water partition coefficient (Wildman–Crippen LogP) is 2.15. The molecule has 4 heteroatoms. The third-order valence-corrected chi connectivity index (χ3v) is 5.54. The molecule has 4 nitrogen and oxygen atoms in total. The van der Waals surface area contributed by atoms with Gasteiger partial charge in [-0.2, -0.15) is 0 Å². The summed E-state index contributed by atoms with van der Waals surface area (Å²) in [5.74, 6) is 1.79. The van der Waals surface area contributed by atoms with Crippen LogP contribution in [0.5, 0.6) is 5.88 Å². The van der Waals surface area contributed by atoms with E-state index in [1.807, 2.05) is 6.07 Å². The topological polar surface area (TPSA) is 28.6 Å². The van der Waals surface area contributed by atoms with Crippen LogP contribution < -0.4 is 4.74 Å². The molecular weight excluding hydrogens is 262 g/mol. The summed E-state index contributed by atoms with van der Waals surface area (Å²) in [5.41, 5.74) is 1.71. The quantitative estimate of drug-likeness (QED) is 0.830. The molecule has 4 rings (SSSR count). The molecule has 0 bridgehead atoms. The molecule has 1 unspecified atom stereocenters. The minimum absolute atomic E-state index is 0.498. The molecule has 1 saturated carbocycles. The highest BCUT2D eigenvalue weighted by Gasteiger charge is 2.49. The van der Waals surface area contributed by atoms with E-state index in [0.717, 1.165) is 18.3 Å². The highest BCUT2D eigenvalue weighted by molar-refractivity contribution is 5.25. The molecule has 1 aromatic heterocycles. The highest BCUT2D eigenvalue weighted by Crippen LogP contribution is 2.43. The lowest BCUT2D eigenvalue weighted by atomic mass is 9.83. The van der Waals surface area contributed by atoms with Gasteiger partial charge in [-0.1, -0.05) is 6.07 Å². The van der Waals surface area contributed by atoms with Gasteiger partial charge in [-0.15, -0.1) is 0 Å². The third kappa shape index (κ3) is 2.55. The van der Waals surface area contributed by atoms with Crippen molar-refractivity contribution < 1.29 is 4.74 Å². The smallest absolute Gasteiger partial charge is 0.217 e. The number of methoxy groups -OCH3 is 1. The highest BCUT2D eigenvalue weighted by atomic mass is 16.5. The van der Waals surface area contributed by atoms with E-state index in [4.69, 9.17) is 4.74 Å². The molecule has 0 radical (unpaired) electrons. The van der Waals surface area contributed by atoms with E-state index in [-0.39, 0.29) is 0 Å². The normalized spacial score (nSPS) is 29.8. The molecule has 114 valence electrons. The minimum atomic E-state index is 0.498. The number of nitrogens with zero attached hydrogens (tertiary/aromatic N) is 3. The molecule has 1 spiro atoms. The van der Waals surface area contributed by atoms with Crippen LogP contribution in [0.4, 0.5) is 0 Å². The SMILES string of the molecule is COc1ncccc1CN1CCC2(CCN2CC2CC2)C1. The summed E-state index contributed by atoms with van der Waals surface area (Å²) in [6.07, 6.45) is 7.45. The average molecular weight is 287 g/mol. The fraction of sp³-hybridized carbons (Fsp3) is 0.706. The molecule has 3 aliphatic rings. The van der Waals surface area contributed by atoms with Crippen molar-refractivity contribution in [2.75, 3.05) is 33.3 Å². The van der Waals surface area contributed by atoms with Crippen molar-refractivity contribution in [2.45, 2.75) is 37.8 Å². The van der Waals surface area contributed by atoms with Crippen LogP contribution in [0, 0.1) is 5.92 Å². The Labute approximate surface area is 127 Å². The summed E-state index contributed by atoms with van der Waals surface area (Å²) in [4.78, 5) is 9.66. The number of hydrogen-bond acceptors (Lipinski definition) is 4. The van der Waals surface area contributed by atoms with Gasteiger partial charge < -0.3 is 4.74 Å². The molecule has 3 fully saturated rings. The van der Waals surface area contributed by atoms with Gasteiger partial charge >= 0.3 is 0 Å². The second-order valence-corrected chi connectivity index (χ2v) is 7.00. The lowest BCUT2D eigenvalue weighted by Gasteiger charge is -2.51. The fourth-order valence-electron chi connectivity index (χ4n) is 3.99. The first-order chi connectivity index (χ1) is 10.3. The van der Waals surface area contributed by atoms with Crippen LogP contribution in [0.1, 0.15) is 31.2 Å². The summed E-state index contributed by atoms with van der Waals surface area (Å²) in [6.45, 7) is 6.07. The summed E-state index contributed by atoms with van der Waals surface area (Å²) >= 11 is 0. The summed E-state index contributed by atoms with van der Waals surface area (Å²) < 4.78 is 5.38. The maximum Gasteiger partial charge on any atom is 0.217 e. The van der Waals surface area contributed by atoms with Crippen molar-refractivity contribution in [3.05, 3.63) is 23.9 Å². The molecule has 2 aliphatic heterocycles. The van der Waals surface area contributed by atoms with Gasteiger partial charge in [0, 0.05) is 50.0 Å². The van der Waals surface area contributed by atoms with E-state index in [1.165, 1.54) is 57.4 Å². The largest absolute Gasteiger partial charge is 0.481 e. The second-order valence-electron chi connectivity index (χ2n) is 7.00. The Bertz CT molecular complexity index is 517. The van der Waals surface area contributed by atoms with Gasteiger partial charge in [-0.25, -0.2) is 4.98 Å². The minimum Gasteiger partial charge on any atom is -0.481 e. The molecule has 1 aliphatic carbocycles. The molecule has 3 heterocycles. The number of rotatable bonds is 5. The Morgan fingerprint density at radius 2 is 2.19 bits per heavy atom. The van der Waals surface area contributed by atoms with Crippen molar-refractivity contribution in [1.82, 2.24) is 14.8 Å². The maximum absolute atomic E-state index is 5.38.